The summed E-state index contributed by atoms with van der Waals surface area (Å²) >= 11 is 0. The van der Waals surface area contributed by atoms with Crippen LogP contribution in [0.4, 0.5) is 5.95 Å². The maximum atomic E-state index is 5.80. The second kappa shape index (κ2) is 6.08. The first-order valence-electron chi connectivity index (χ1n) is 7.56. The van der Waals surface area contributed by atoms with E-state index >= 15 is 0 Å². The fourth-order valence-electron chi connectivity index (χ4n) is 2.44. The molecule has 0 atom stereocenters. The molecule has 0 aliphatic rings. The lowest BCUT2D eigenvalue weighted by Crippen LogP contribution is -1.97. The predicted octanol–water partition coefficient (Wildman–Crippen LogP) is 3.94. The molecule has 0 aliphatic heterocycles. The number of nitrogen functional groups attached to an aromatic ring is 1. The smallest absolute Gasteiger partial charge is 0.221 e. The van der Waals surface area contributed by atoms with Gasteiger partial charge in [-0.2, -0.15) is 5.10 Å². The molecule has 2 aromatic carbocycles. The lowest BCUT2D eigenvalue weighted by Gasteiger charge is -2.06. The van der Waals surface area contributed by atoms with Gasteiger partial charge in [-0.1, -0.05) is 36.4 Å². The van der Waals surface area contributed by atoms with Crippen LogP contribution in [0.2, 0.25) is 0 Å². The minimum absolute atomic E-state index is 0.393. The quantitative estimate of drug-likeness (QED) is 0.745. The standard InChI is InChI=1S/C19H20N4/c1-13-7-8-18(9-14(13)2)17-6-4-5-16(10-17)11-21-23-12-15(3)22-19(23)20/h4-12H,1-3H3,(H2,20,22). The summed E-state index contributed by atoms with van der Waals surface area (Å²) in [6.07, 6.45) is 3.60. The predicted molar refractivity (Wildman–Crippen MR) is 95.7 cm³/mol. The summed E-state index contributed by atoms with van der Waals surface area (Å²) in [5.74, 6) is 0.393. The SMILES string of the molecule is Cc1cn(N=Cc2cccc(-c3ccc(C)c(C)c3)c2)c(N)n1. The van der Waals surface area contributed by atoms with E-state index in [0.717, 1.165) is 11.3 Å². The van der Waals surface area contributed by atoms with Crippen molar-refractivity contribution < 1.29 is 0 Å². The van der Waals surface area contributed by atoms with E-state index < -0.39 is 0 Å². The summed E-state index contributed by atoms with van der Waals surface area (Å²) < 4.78 is 1.58. The van der Waals surface area contributed by atoms with Crippen molar-refractivity contribution in [2.45, 2.75) is 20.8 Å². The van der Waals surface area contributed by atoms with Gasteiger partial charge >= 0.3 is 0 Å². The molecule has 3 rings (SSSR count). The molecule has 116 valence electrons. The molecular weight excluding hydrogens is 284 g/mol. The molecule has 0 saturated carbocycles. The van der Waals surface area contributed by atoms with Crippen LogP contribution in [0.3, 0.4) is 0 Å². The first-order chi connectivity index (χ1) is 11.0. The van der Waals surface area contributed by atoms with Crippen molar-refractivity contribution >= 4 is 12.2 Å². The third-order valence-electron chi connectivity index (χ3n) is 3.89. The van der Waals surface area contributed by atoms with Gasteiger partial charge in [-0.25, -0.2) is 9.66 Å². The molecular formula is C19H20N4. The summed E-state index contributed by atoms with van der Waals surface area (Å²) in [7, 11) is 0. The monoisotopic (exact) mass is 304 g/mol. The van der Waals surface area contributed by atoms with Crippen molar-refractivity contribution in [2.75, 3.05) is 5.73 Å². The number of benzene rings is 2. The minimum Gasteiger partial charge on any atom is -0.368 e. The Labute approximate surface area is 136 Å². The fraction of sp³-hybridized carbons (Fsp3) is 0.158. The highest BCUT2D eigenvalue weighted by molar-refractivity contribution is 5.82. The Balaban J connectivity index is 1.90. The molecule has 23 heavy (non-hydrogen) atoms. The molecule has 4 nitrogen and oxygen atoms in total. The average Bonchev–Trinajstić information content (AvgIpc) is 2.86. The molecule has 0 bridgehead atoms. The molecule has 2 N–H and O–H groups in total. The number of hydrogen-bond donors (Lipinski definition) is 1. The highest BCUT2D eigenvalue weighted by Crippen LogP contribution is 2.22. The van der Waals surface area contributed by atoms with Crippen LogP contribution in [0, 0.1) is 20.8 Å². The second-order valence-electron chi connectivity index (χ2n) is 5.75. The Morgan fingerprint density at radius 3 is 2.48 bits per heavy atom. The normalized spacial score (nSPS) is 11.3. The van der Waals surface area contributed by atoms with Crippen molar-refractivity contribution in [3.8, 4) is 11.1 Å². The Bertz CT molecular complexity index is 875. The zero-order valence-electron chi connectivity index (χ0n) is 13.6. The van der Waals surface area contributed by atoms with Gasteiger partial charge in [0.2, 0.25) is 5.95 Å². The zero-order chi connectivity index (χ0) is 16.4. The van der Waals surface area contributed by atoms with Crippen LogP contribution >= 0.6 is 0 Å². The van der Waals surface area contributed by atoms with Crippen LogP contribution in [0.15, 0.2) is 53.8 Å². The molecule has 3 aromatic rings. The molecule has 0 saturated heterocycles. The Kier molecular flexibility index (Phi) is 3.98. The third-order valence-corrected chi connectivity index (χ3v) is 3.89. The van der Waals surface area contributed by atoms with Crippen molar-refractivity contribution in [2.24, 2.45) is 5.10 Å². The van der Waals surface area contributed by atoms with E-state index in [1.807, 2.05) is 19.1 Å². The number of nitrogens with two attached hydrogens (primary N) is 1. The Hall–Kier alpha value is -2.88. The van der Waals surface area contributed by atoms with Crippen molar-refractivity contribution in [1.29, 1.82) is 0 Å². The van der Waals surface area contributed by atoms with Crippen molar-refractivity contribution in [3.05, 3.63) is 71.0 Å². The molecule has 1 heterocycles. The fourth-order valence-corrected chi connectivity index (χ4v) is 2.44. The van der Waals surface area contributed by atoms with E-state index in [1.165, 1.54) is 22.3 Å². The van der Waals surface area contributed by atoms with Crippen molar-refractivity contribution in [3.63, 3.8) is 0 Å². The molecule has 0 unspecified atom stereocenters. The van der Waals surface area contributed by atoms with E-state index in [0.29, 0.717) is 5.95 Å². The molecule has 0 fully saturated rings. The highest BCUT2D eigenvalue weighted by Gasteiger charge is 2.02. The number of aromatic nitrogens is 2. The molecule has 4 heteroatoms. The van der Waals surface area contributed by atoms with Crippen LogP contribution in [-0.2, 0) is 0 Å². The maximum Gasteiger partial charge on any atom is 0.221 e. The lowest BCUT2D eigenvalue weighted by molar-refractivity contribution is 0.897. The summed E-state index contributed by atoms with van der Waals surface area (Å²) in [6, 6.07) is 14.8. The number of hydrogen-bond acceptors (Lipinski definition) is 3. The van der Waals surface area contributed by atoms with E-state index in [9.17, 15) is 0 Å². The van der Waals surface area contributed by atoms with Gasteiger partial charge in [-0.15, -0.1) is 0 Å². The number of aryl methyl sites for hydroxylation is 3. The van der Waals surface area contributed by atoms with Gasteiger partial charge in [-0.3, -0.25) is 0 Å². The van der Waals surface area contributed by atoms with Crippen LogP contribution in [0.5, 0.6) is 0 Å². The van der Waals surface area contributed by atoms with Gasteiger partial charge in [0.25, 0.3) is 0 Å². The lowest BCUT2D eigenvalue weighted by atomic mass is 9.99. The van der Waals surface area contributed by atoms with E-state index in [2.05, 4.69) is 54.3 Å². The minimum atomic E-state index is 0.393. The third kappa shape index (κ3) is 3.31. The van der Waals surface area contributed by atoms with Crippen LogP contribution < -0.4 is 5.73 Å². The van der Waals surface area contributed by atoms with E-state index in [4.69, 9.17) is 5.73 Å². The molecule has 0 amide bonds. The number of anilines is 1. The van der Waals surface area contributed by atoms with Crippen LogP contribution in [0.25, 0.3) is 11.1 Å². The molecule has 0 spiro atoms. The average molecular weight is 304 g/mol. The second-order valence-corrected chi connectivity index (χ2v) is 5.75. The zero-order valence-corrected chi connectivity index (χ0v) is 13.6. The number of imidazole rings is 1. The van der Waals surface area contributed by atoms with Gasteiger partial charge in [-0.05, 0) is 54.7 Å². The summed E-state index contributed by atoms with van der Waals surface area (Å²) in [6.45, 7) is 6.15. The van der Waals surface area contributed by atoms with Gasteiger partial charge in [0.15, 0.2) is 0 Å². The van der Waals surface area contributed by atoms with Gasteiger partial charge in [0, 0.05) is 0 Å². The number of rotatable bonds is 3. The largest absolute Gasteiger partial charge is 0.368 e. The molecule has 1 aromatic heterocycles. The summed E-state index contributed by atoms with van der Waals surface area (Å²) in [5.41, 5.74) is 12.6. The Morgan fingerprint density at radius 1 is 1.00 bits per heavy atom. The topological polar surface area (TPSA) is 56.2 Å². The van der Waals surface area contributed by atoms with Crippen molar-refractivity contribution in [1.82, 2.24) is 9.66 Å². The maximum absolute atomic E-state index is 5.80. The van der Waals surface area contributed by atoms with Gasteiger partial charge in [0.1, 0.15) is 0 Å². The van der Waals surface area contributed by atoms with Crippen LogP contribution in [0.1, 0.15) is 22.4 Å². The van der Waals surface area contributed by atoms with E-state index in [-0.39, 0.29) is 0 Å². The summed E-state index contributed by atoms with van der Waals surface area (Å²) in [5, 5.41) is 4.37. The molecule has 0 radical (unpaired) electrons. The first-order valence-corrected chi connectivity index (χ1v) is 7.56. The van der Waals surface area contributed by atoms with E-state index in [1.54, 1.807) is 17.1 Å². The summed E-state index contributed by atoms with van der Waals surface area (Å²) in [4.78, 5) is 4.13. The van der Waals surface area contributed by atoms with Crippen LogP contribution in [-0.4, -0.2) is 15.9 Å². The Morgan fingerprint density at radius 2 is 1.78 bits per heavy atom. The molecule has 0 aliphatic carbocycles. The number of nitrogens with zero attached hydrogens (tertiary/aromatic N) is 3. The first kappa shape index (κ1) is 15.0. The van der Waals surface area contributed by atoms with Gasteiger partial charge in [0.05, 0.1) is 18.1 Å². The van der Waals surface area contributed by atoms with Gasteiger partial charge < -0.3 is 5.73 Å². The highest BCUT2D eigenvalue weighted by atomic mass is 15.4.